The molecule has 5 nitrogen and oxygen atoms in total. The first-order valence-electron chi connectivity index (χ1n) is 7.92. The molecular formula is C18H19ClN2O3S. The lowest BCUT2D eigenvalue weighted by atomic mass is 10.00. The number of hydrogen-bond donors (Lipinski definition) is 0. The Kier molecular flexibility index (Phi) is 5.01. The Bertz CT molecular complexity index is 899. The summed E-state index contributed by atoms with van der Waals surface area (Å²) in [4.78, 5) is 14.4. The van der Waals surface area contributed by atoms with Crippen LogP contribution in [0.15, 0.2) is 48.5 Å². The minimum atomic E-state index is -3.60. The molecule has 0 radical (unpaired) electrons. The van der Waals surface area contributed by atoms with E-state index in [1.54, 1.807) is 29.2 Å². The maximum absolute atomic E-state index is 12.7. The van der Waals surface area contributed by atoms with Gasteiger partial charge in [0.1, 0.15) is 6.54 Å². The predicted molar refractivity (Wildman–Crippen MR) is 99.2 cm³/mol. The molecule has 25 heavy (non-hydrogen) atoms. The number of nitrogens with zero attached hydrogens (tertiary/aromatic N) is 2. The van der Waals surface area contributed by atoms with E-state index < -0.39 is 10.0 Å². The molecular weight excluding hydrogens is 360 g/mol. The summed E-state index contributed by atoms with van der Waals surface area (Å²) < 4.78 is 25.4. The monoisotopic (exact) mass is 378 g/mol. The van der Waals surface area contributed by atoms with Crippen LogP contribution in [0.25, 0.3) is 0 Å². The lowest BCUT2D eigenvalue weighted by molar-refractivity contribution is -0.130. The van der Waals surface area contributed by atoms with Crippen LogP contribution in [-0.2, 0) is 27.8 Å². The van der Waals surface area contributed by atoms with Crippen molar-refractivity contribution in [3.05, 3.63) is 64.7 Å². The summed E-state index contributed by atoms with van der Waals surface area (Å²) in [5.41, 5.74) is 2.73. The number of rotatable bonds is 4. The van der Waals surface area contributed by atoms with Crippen LogP contribution in [0.2, 0.25) is 5.02 Å². The highest BCUT2D eigenvalue weighted by molar-refractivity contribution is 7.92. The van der Waals surface area contributed by atoms with Crippen molar-refractivity contribution in [1.29, 1.82) is 0 Å². The molecule has 2 aromatic carbocycles. The largest absolute Gasteiger partial charge is 0.336 e. The Balaban J connectivity index is 1.80. The summed E-state index contributed by atoms with van der Waals surface area (Å²) in [6.45, 7) is 0.854. The normalized spacial score (nSPS) is 14.1. The molecule has 0 fully saturated rings. The molecule has 0 unspecified atom stereocenters. The molecule has 7 heteroatoms. The maximum Gasteiger partial charge on any atom is 0.243 e. The van der Waals surface area contributed by atoms with E-state index in [4.69, 9.17) is 11.6 Å². The molecule has 0 bridgehead atoms. The van der Waals surface area contributed by atoms with Gasteiger partial charge in [0.25, 0.3) is 0 Å². The molecule has 0 N–H and O–H groups in total. The van der Waals surface area contributed by atoms with Crippen LogP contribution in [-0.4, -0.2) is 38.6 Å². The van der Waals surface area contributed by atoms with Gasteiger partial charge >= 0.3 is 0 Å². The number of benzene rings is 2. The van der Waals surface area contributed by atoms with Crippen molar-refractivity contribution in [3.63, 3.8) is 0 Å². The summed E-state index contributed by atoms with van der Waals surface area (Å²) in [6.07, 6.45) is 1.87. The van der Waals surface area contributed by atoms with Gasteiger partial charge in [0.2, 0.25) is 15.9 Å². The van der Waals surface area contributed by atoms with Gasteiger partial charge in [0, 0.05) is 18.1 Å². The molecule has 0 aliphatic carbocycles. The summed E-state index contributed by atoms with van der Waals surface area (Å²) in [7, 11) is -3.60. The molecule has 1 heterocycles. The number of hydrogen-bond acceptors (Lipinski definition) is 3. The maximum atomic E-state index is 12.7. The third kappa shape index (κ3) is 4.14. The first-order valence-corrected chi connectivity index (χ1v) is 10.1. The molecule has 0 spiro atoms. The minimum Gasteiger partial charge on any atom is -0.336 e. The summed E-state index contributed by atoms with van der Waals surface area (Å²) in [5, 5.41) is 0.422. The molecule has 3 rings (SSSR count). The highest BCUT2D eigenvalue weighted by atomic mass is 35.5. The number of amides is 1. The smallest absolute Gasteiger partial charge is 0.243 e. The Morgan fingerprint density at radius 1 is 1.16 bits per heavy atom. The number of sulfonamides is 1. The van der Waals surface area contributed by atoms with Crippen molar-refractivity contribution in [2.75, 3.05) is 23.7 Å². The Morgan fingerprint density at radius 2 is 1.88 bits per heavy atom. The molecule has 2 aromatic rings. The highest BCUT2D eigenvalue weighted by Crippen LogP contribution is 2.23. The number of halogens is 1. The molecule has 132 valence electrons. The number of carbonyl (C=O) groups excluding carboxylic acids is 1. The predicted octanol–water partition coefficient (Wildman–Crippen LogP) is 2.69. The standard InChI is InChI=1S/C18H19ClN2O3S/c1-25(23,24)21(17-8-4-7-16(19)11-17)13-18(22)20-10-9-14-5-2-3-6-15(14)12-20/h2-8,11H,9-10,12-13H2,1H3. The molecule has 1 aliphatic heterocycles. The van der Waals surface area contributed by atoms with Gasteiger partial charge in [-0.25, -0.2) is 8.42 Å². The zero-order valence-electron chi connectivity index (χ0n) is 13.9. The van der Waals surface area contributed by atoms with Crippen molar-refractivity contribution in [2.45, 2.75) is 13.0 Å². The third-order valence-electron chi connectivity index (χ3n) is 4.26. The second-order valence-electron chi connectivity index (χ2n) is 6.08. The Morgan fingerprint density at radius 3 is 2.56 bits per heavy atom. The fourth-order valence-corrected chi connectivity index (χ4v) is 3.99. The van der Waals surface area contributed by atoms with E-state index in [0.29, 0.717) is 23.8 Å². The van der Waals surface area contributed by atoms with Gasteiger partial charge in [0.05, 0.1) is 11.9 Å². The van der Waals surface area contributed by atoms with Crippen LogP contribution in [0.1, 0.15) is 11.1 Å². The lowest BCUT2D eigenvalue weighted by Crippen LogP contribution is -2.44. The topological polar surface area (TPSA) is 57.7 Å². The van der Waals surface area contributed by atoms with Gasteiger partial charge in [-0.15, -0.1) is 0 Å². The van der Waals surface area contributed by atoms with Crippen molar-refractivity contribution >= 4 is 33.2 Å². The summed E-state index contributed by atoms with van der Waals surface area (Å²) in [6, 6.07) is 14.5. The van der Waals surface area contributed by atoms with E-state index >= 15 is 0 Å². The molecule has 1 amide bonds. The van der Waals surface area contributed by atoms with Crippen LogP contribution in [0.4, 0.5) is 5.69 Å². The van der Waals surface area contributed by atoms with E-state index in [1.165, 1.54) is 5.56 Å². The fourth-order valence-electron chi connectivity index (χ4n) is 2.96. The minimum absolute atomic E-state index is 0.222. The van der Waals surface area contributed by atoms with Crippen LogP contribution in [0, 0.1) is 0 Å². The first kappa shape index (κ1) is 17.8. The lowest BCUT2D eigenvalue weighted by Gasteiger charge is -2.31. The zero-order valence-corrected chi connectivity index (χ0v) is 15.4. The zero-order chi connectivity index (χ0) is 18.0. The fraction of sp³-hybridized carbons (Fsp3) is 0.278. The second kappa shape index (κ2) is 7.06. The quantitative estimate of drug-likeness (QED) is 0.821. The molecule has 0 saturated heterocycles. The van der Waals surface area contributed by atoms with Crippen LogP contribution in [0.3, 0.4) is 0 Å². The van der Waals surface area contributed by atoms with Gasteiger partial charge in [-0.2, -0.15) is 0 Å². The first-order chi connectivity index (χ1) is 11.8. The van der Waals surface area contributed by atoms with E-state index in [1.807, 2.05) is 18.2 Å². The summed E-state index contributed by atoms with van der Waals surface area (Å²) in [5.74, 6) is -0.222. The average molecular weight is 379 g/mol. The van der Waals surface area contributed by atoms with E-state index in [2.05, 4.69) is 6.07 Å². The SMILES string of the molecule is CS(=O)(=O)N(CC(=O)N1CCc2ccccc2C1)c1cccc(Cl)c1. The van der Waals surface area contributed by atoms with Crippen molar-refractivity contribution in [1.82, 2.24) is 4.90 Å². The van der Waals surface area contributed by atoms with Gasteiger partial charge in [0.15, 0.2) is 0 Å². The van der Waals surface area contributed by atoms with E-state index in [0.717, 1.165) is 22.5 Å². The van der Waals surface area contributed by atoms with Crippen LogP contribution < -0.4 is 4.31 Å². The molecule has 0 saturated carbocycles. The van der Waals surface area contributed by atoms with Crippen molar-refractivity contribution in [2.24, 2.45) is 0 Å². The molecule has 1 aliphatic rings. The third-order valence-corrected chi connectivity index (χ3v) is 5.63. The van der Waals surface area contributed by atoms with Crippen LogP contribution in [0.5, 0.6) is 0 Å². The Hall–Kier alpha value is -2.05. The van der Waals surface area contributed by atoms with Crippen molar-refractivity contribution in [3.8, 4) is 0 Å². The molecule has 0 aromatic heterocycles. The van der Waals surface area contributed by atoms with Gasteiger partial charge in [-0.1, -0.05) is 41.9 Å². The van der Waals surface area contributed by atoms with Gasteiger partial charge in [-0.05, 0) is 35.7 Å². The summed E-state index contributed by atoms with van der Waals surface area (Å²) >= 11 is 5.96. The van der Waals surface area contributed by atoms with Crippen molar-refractivity contribution < 1.29 is 13.2 Å². The van der Waals surface area contributed by atoms with Gasteiger partial charge in [-0.3, -0.25) is 9.10 Å². The van der Waals surface area contributed by atoms with Gasteiger partial charge < -0.3 is 4.90 Å². The highest BCUT2D eigenvalue weighted by Gasteiger charge is 2.26. The Labute approximate surface area is 152 Å². The number of anilines is 1. The average Bonchev–Trinajstić information content (AvgIpc) is 2.58. The second-order valence-corrected chi connectivity index (χ2v) is 8.43. The van der Waals surface area contributed by atoms with E-state index in [-0.39, 0.29) is 12.5 Å². The van der Waals surface area contributed by atoms with Crippen LogP contribution >= 0.6 is 11.6 Å². The molecule has 0 atom stereocenters. The van der Waals surface area contributed by atoms with E-state index in [9.17, 15) is 13.2 Å². The number of carbonyl (C=O) groups is 1. The number of fused-ring (bicyclic) bond motifs is 1.